The molecule has 0 spiro atoms. The van der Waals surface area contributed by atoms with Gasteiger partial charge in [-0.3, -0.25) is 25.8 Å². The van der Waals surface area contributed by atoms with E-state index in [0.29, 0.717) is 22.6 Å². The van der Waals surface area contributed by atoms with Crippen LogP contribution in [-0.2, 0) is 9.53 Å². The van der Waals surface area contributed by atoms with Crippen LogP contribution in [0.2, 0.25) is 0 Å². The van der Waals surface area contributed by atoms with E-state index in [-0.39, 0.29) is 23.9 Å². The van der Waals surface area contributed by atoms with Crippen LogP contribution < -0.4 is 25.6 Å². The zero-order valence-corrected chi connectivity index (χ0v) is 19.8. The summed E-state index contributed by atoms with van der Waals surface area (Å²) >= 11 is 8.41. The van der Waals surface area contributed by atoms with Gasteiger partial charge < -0.3 is 14.2 Å². The molecular weight excluding hydrogens is 486 g/mol. The van der Waals surface area contributed by atoms with Gasteiger partial charge in [0.15, 0.2) is 11.7 Å². The zero-order valence-electron chi connectivity index (χ0n) is 17.4. The van der Waals surface area contributed by atoms with Gasteiger partial charge in [-0.05, 0) is 55.4 Å². The Morgan fingerprint density at radius 1 is 1.03 bits per heavy atom. The minimum atomic E-state index is -0.493. The van der Waals surface area contributed by atoms with E-state index in [1.165, 1.54) is 0 Å². The van der Waals surface area contributed by atoms with Gasteiger partial charge in [0.05, 0.1) is 12.2 Å². The molecule has 0 radical (unpaired) electrons. The second-order valence-corrected chi connectivity index (χ2v) is 7.77. The molecule has 0 aliphatic heterocycles. The number of ether oxygens (including phenoxy) is 3. The summed E-state index contributed by atoms with van der Waals surface area (Å²) in [5, 5.41) is 2.42. The third-order valence-electron chi connectivity index (χ3n) is 4.03. The van der Waals surface area contributed by atoms with Gasteiger partial charge in [0, 0.05) is 11.6 Å². The molecule has 2 aromatic carbocycles. The Labute approximate surface area is 194 Å². The van der Waals surface area contributed by atoms with Gasteiger partial charge in [-0.15, -0.1) is 0 Å². The molecule has 0 heterocycles. The van der Waals surface area contributed by atoms with E-state index in [1.807, 2.05) is 32.0 Å². The zero-order chi connectivity index (χ0) is 22.8. The first-order chi connectivity index (χ1) is 14.8. The van der Waals surface area contributed by atoms with Crippen LogP contribution in [0.4, 0.5) is 0 Å². The SMILES string of the molecule is COCCOc1ccc(Br)cc1C(=O)NC(=S)NNC(=O)COc1c(C)cccc1C. The maximum absolute atomic E-state index is 12.6. The van der Waals surface area contributed by atoms with Crippen molar-refractivity contribution >= 4 is 45.1 Å². The topological polar surface area (TPSA) is 97.9 Å². The highest BCUT2D eigenvalue weighted by Gasteiger charge is 2.15. The lowest BCUT2D eigenvalue weighted by Crippen LogP contribution is -2.49. The van der Waals surface area contributed by atoms with Crippen molar-refractivity contribution in [2.45, 2.75) is 13.8 Å². The number of thiocarbonyl (C=S) groups is 1. The normalized spacial score (nSPS) is 10.2. The molecule has 0 aliphatic carbocycles. The Morgan fingerprint density at radius 2 is 1.74 bits per heavy atom. The number of hydrogen-bond acceptors (Lipinski definition) is 6. The second-order valence-electron chi connectivity index (χ2n) is 6.45. The Balaban J connectivity index is 1.86. The number of aryl methyl sites for hydroxylation is 2. The first kappa shape index (κ1) is 24.6. The van der Waals surface area contributed by atoms with Crippen LogP contribution in [0, 0.1) is 13.8 Å². The molecule has 0 aliphatic rings. The number of hydrazine groups is 1. The van der Waals surface area contributed by atoms with Crippen molar-refractivity contribution < 1.29 is 23.8 Å². The van der Waals surface area contributed by atoms with Gasteiger partial charge in [0.25, 0.3) is 11.8 Å². The third-order valence-corrected chi connectivity index (χ3v) is 4.73. The van der Waals surface area contributed by atoms with E-state index in [2.05, 4.69) is 32.1 Å². The van der Waals surface area contributed by atoms with Crippen molar-refractivity contribution in [3.05, 3.63) is 57.6 Å². The lowest BCUT2D eigenvalue weighted by atomic mass is 10.1. The quantitative estimate of drug-likeness (QED) is 0.286. The van der Waals surface area contributed by atoms with Gasteiger partial charge in [-0.25, -0.2) is 0 Å². The molecule has 0 aromatic heterocycles. The number of methoxy groups -OCH3 is 1. The first-order valence-electron chi connectivity index (χ1n) is 9.32. The lowest BCUT2D eigenvalue weighted by Gasteiger charge is -2.15. The molecule has 2 rings (SSSR count). The van der Waals surface area contributed by atoms with E-state index >= 15 is 0 Å². The van der Waals surface area contributed by atoms with E-state index in [4.69, 9.17) is 26.4 Å². The van der Waals surface area contributed by atoms with Crippen molar-refractivity contribution in [1.29, 1.82) is 0 Å². The Kier molecular flexibility index (Phi) is 9.70. The minimum Gasteiger partial charge on any atom is -0.490 e. The van der Waals surface area contributed by atoms with Gasteiger partial charge >= 0.3 is 0 Å². The average Bonchev–Trinajstić information content (AvgIpc) is 2.73. The molecule has 0 unspecified atom stereocenters. The van der Waals surface area contributed by atoms with E-state index in [0.717, 1.165) is 11.1 Å². The molecule has 2 aromatic rings. The number of hydrogen-bond donors (Lipinski definition) is 3. The van der Waals surface area contributed by atoms with Crippen LogP contribution in [0.15, 0.2) is 40.9 Å². The van der Waals surface area contributed by atoms with Crippen LogP contribution in [0.3, 0.4) is 0 Å². The highest BCUT2D eigenvalue weighted by molar-refractivity contribution is 9.10. The van der Waals surface area contributed by atoms with E-state index < -0.39 is 11.8 Å². The summed E-state index contributed by atoms with van der Waals surface area (Å²) in [7, 11) is 1.56. The highest BCUT2D eigenvalue weighted by Crippen LogP contribution is 2.23. The van der Waals surface area contributed by atoms with Crippen LogP contribution in [-0.4, -0.2) is 43.9 Å². The molecule has 0 saturated heterocycles. The molecule has 3 N–H and O–H groups in total. The van der Waals surface area contributed by atoms with E-state index in [1.54, 1.807) is 25.3 Å². The van der Waals surface area contributed by atoms with Crippen LogP contribution >= 0.6 is 28.1 Å². The Bertz CT molecular complexity index is 934. The van der Waals surface area contributed by atoms with Gasteiger partial charge in [-0.2, -0.15) is 0 Å². The van der Waals surface area contributed by atoms with Crippen LogP contribution in [0.25, 0.3) is 0 Å². The van der Waals surface area contributed by atoms with Crippen LogP contribution in [0.1, 0.15) is 21.5 Å². The monoisotopic (exact) mass is 509 g/mol. The predicted octanol–water partition coefficient (Wildman–Crippen LogP) is 2.81. The van der Waals surface area contributed by atoms with E-state index in [9.17, 15) is 9.59 Å². The fraction of sp³-hybridized carbons (Fsp3) is 0.286. The molecule has 8 nitrogen and oxygen atoms in total. The van der Waals surface area contributed by atoms with Crippen molar-refractivity contribution in [3.63, 3.8) is 0 Å². The summed E-state index contributed by atoms with van der Waals surface area (Å²) < 4.78 is 16.8. The smallest absolute Gasteiger partial charge is 0.276 e. The van der Waals surface area contributed by atoms with Crippen LogP contribution in [0.5, 0.6) is 11.5 Å². The highest BCUT2D eigenvalue weighted by atomic mass is 79.9. The molecule has 0 fully saturated rings. The Morgan fingerprint density at radius 3 is 2.42 bits per heavy atom. The molecule has 31 heavy (non-hydrogen) atoms. The maximum Gasteiger partial charge on any atom is 0.276 e. The number of benzene rings is 2. The number of rotatable bonds is 8. The molecule has 10 heteroatoms. The van der Waals surface area contributed by atoms with Gasteiger partial charge in [0.2, 0.25) is 0 Å². The first-order valence-corrected chi connectivity index (χ1v) is 10.5. The largest absolute Gasteiger partial charge is 0.490 e. The van der Waals surface area contributed by atoms with Gasteiger partial charge in [0.1, 0.15) is 18.1 Å². The number of para-hydroxylation sites is 1. The number of nitrogens with one attached hydrogen (secondary N) is 3. The lowest BCUT2D eigenvalue weighted by molar-refractivity contribution is -0.123. The number of halogens is 1. The third kappa shape index (κ3) is 7.82. The number of carbonyl (C=O) groups is 2. The predicted molar refractivity (Wildman–Crippen MR) is 124 cm³/mol. The fourth-order valence-corrected chi connectivity index (χ4v) is 3.07. The molecule has 0 saturated carbocycles. The Hall–Kier alpha value is -2.69. The summed E-state index contributed by atoms with van der Waals surface area (Å²) in [6, 6.07) is 10.7. The number of amides is 2. The summed E-state index contributed by atoms with van der Waals surface area (Å²) in [6.45, 7) is 4.26. The second kappa shape index (κ2) is 12.2. The summed E-state index contributed by atoms with van der Waals surface area (Å²) in [4.78, 5) is 24.6. The molecule has 2 amide bonds. The van der Waals surface area contributed by atoms with Gasteiger partial charge in [-0.1, -0.05) is 34.1 Å². The number of carbonyl (C=O) groups excluding carboxylic acids is 2. The molecular formula is C21H24BrN3O5S. The summed E-state index contributed by atoms with van der Waals surface area (Å²) in [6.07, 6.45) is 0. The van der Waals surface area contributed by atoms with Crippen molar-refractivity contribution in [2.75, 3.05) is 26.9 Å². The molecule has 166 valence electrons. The maximum atomic E-state index is 12.6. The molecule has 0 bridgehead atoms. The standard InChI is InChI=1S/C21H24BrN3O5S/c1-13-5-4-6-14(2)19(13)30-12-18(26)24-25-21(31)23-20(27)16-11-15(22)7-8-17(16)29-10-9-28-3/h4-8,11H,9-10,12H2,1-3H3,(H,24,26)(H2,23,25,27,31). The average molecular weight is 510 g/mol. The van der Waals surface area contributed by atoms with Crippen molar-refractivity contribution in [1.82, 2.24) is 16.2 Å². The van der Waals surface area contributed by atoms with Crippen molar-refractivity contribution in [2.24, 2.45) is 0 Å². The molecule has 0 atom stereocenters. The fourth-order valence-electron chi connectivity index (χ4n) is 2.57. The summed E-state index contributed by atoms with van der Waals surface area (Å²) in [5.74, 6) is 0.0910. The van der Waals surface area contributed by atoms with Crippen molar-refractivity contribution in [3.8, 4) is 11.5 Å². The minimum absolute atomic E-state index is 0.0757. The summed E-state index contributed by atoms with van der Waals surface area (Å²) in [5.41, 5.74) is 7.01.